The number of rotatable bonds is 15. The monoisotopic (exact) mass is 675 g/mol. The molecule has 0 saturated heterocycles. The Morgan fingerprint density at radius 2 is 1.35 bits per heavy atom. The Hall–Kier alpha value is -5.14. The van der Waals surface area contributed by atoms with E-state index in [0.29, 0.717) is 57.9 Å². The quantitative estimate of drug-likeness (QED) is 0.0867. The van der Waals surface area contributed by atoms with Gasteiger partial charge < -0.3 is 19.8 Å². The molecule has 6 nitrogen and oxygen atoms in total. The van der Waals surface area contributed by atoms with Crippen LogP contribution in [0, 0.1) is 13.8 Å². The second-order valence-corrected chi connectivity index (χ2v) is 13.4. The molecular formula is C45H45N3O3. The number of carbonyl (C=O) groups is 1. The third-order valence-electron chi connectivity index (χ3n) is 9.62. The molecule has 0 fully saturated rings. The molecule has 0 unspecified atom stereocenters. The van der Waals surface area contributed by atoms with E-state index in [-0.39, 0.29) is 5.78 Å². The van der Waals surface area contributed by atoms with Crippen LogP contribution in [0.15, 0.2) is 115 Å². The third-order valence-corrected chi connectivity index (χ3v) is 9.62. The maximum atomic E-state index is 13.0. The molecule has 1 aromatic heterocycles. The minimum Gasteiger partial charge on any atom is -0.379 e. The summed E-state index contributed by atoms with van der Waals surface area (Å²) in [6, 6.07) is 40.9. The van der Waals surface area contributed by atoms with Crippen LogP contribution < -0.4 is 5.73 Å². The van der Waals surface area contributed by atoms with Crippen molar-refractivity contribution in [2.45, 2.75) is 39.7 Å². The summed E-state index contributed by atoms with van der Waals surface area (Å²) in [5.41, 5.74) is 20.3. The summed E-state index contributed by atoms with van der Waals surface area (Å²) in [4.78, 5) is 18.5. The van der Waals surface area contributed by atoms with Crippen molar-refractivity contribution in [1.82, 2.24) is 9.55 Å². The van der Waals surface area contributed by atoms with Crippen molar-refractivity contribution in [2.24, 2.45) is 5.73 Å². The molecule has 51 heavy (non-hydrogen) atoms. The maximum absolute atomic E-state index is 13.0. The number of nitrogens with zero attached hydrogens (tertiary/aromatic N) is 2. The van der Waals surface area contributed by atoms with Gasteiger partial charge in [0.05, 0.1) is 31.2 Å². The zero-order valence-corrected chi connectivity index (χ0v) is 29.5. The average Bonchev–Trinajstić information content (AvgIpc) is 3.72. The lowest BCUT2D eigenvalue weighted by molar-refractivity contribution is 0.0489. The fraction of sp³-hybridized carbons (Fsp3) is 0.244. The molecule has 0 aliphatic heterocycles. The Morgan fingerprint density at radius 1 is 0.706 bits per heavy atom. The molecule has 0 amide bonds. The van der Waals surface area contributed by atoms with E-state index in [9.17, 15) is 4.79 Å². The number of hydrogen-bond donors (Lipinski definition) is 1. The molecule has 1 aliphatic carbocycles. The van der Waals surface area contributed by atoms with Gasteiger partial charge in [-0.2, -0.15) is 0 Å². The van der Waals surface area contributed by atoms with Crippen molar-refractivity contribution in [1.29, 1.82) is 0 Å². The third kappa shape index (κ3) is 7.79. The van der Waals surface area contributed by atoms with Crippen LogP contribution in [0.25, 0.3) is 45.0 Å². The first kappa shape index (κ1) is 34.3. The van der Waals surface area contributed by atoms with Crippen molar-refractivity contribution in [3.8, 4) is 45.0 Å². The predicted molar refractivity (Wildman–Crippen MR) is 206 cm³/mol. The summed E-state index contributed by atoms with van der Waals surface area (Å²) < 4.78 is 13.3. The van der Waals surface area contributed by atoms with Gasteiger partial charge in [0.2, 0.25) is 0 Å². The highest BCUT2D eigenvalue weighted by Gasteiger charge is 2.24. The van der Waals surface area contributed by atoms with Crippen LogP contribution in [0.1, 0.15) is 51.0 Å². The molecule has 0 bridgehead atoms. The Kier molecular flexibility index (Phi) is 10.6. The molecule has 258 valence electrons. The molecule has 1 heterocycles. The summed E-state index contributed by atoms with van der Waals surface area (Å²) in [5, 5.41) is 0. The van der Waals surface area contributed by atoms with Gasteiger partial charge in [0.25, 0.3) is 0 Å². The van der Waals surface area contributed by atoms with Crippen LogP contribution in [0.4, 0.5) is 0 Å². The molecule has 0 spiro atoms. The Bertz CT molecular complexity index is 2110. The summed E-state index contributed by atoms with van der Waals surface area (Å²) in [5.74, 6) is 1.04. The number of nitrogens with two attached hydrogens (primary N) is 1. The molecule has 7 rings (SSSR count). The van der Waals surface area contributed by atoms with Crippen LogP contribution >= 0.6 is 0 Å². The first-order chi connectivity index (χ1) is 25.0. The topological polar surface area (TPSA) is 79.4 Å². The molecule has 0 saturated carbocycles. The van der Waals surface area contributed by atoms with Crippen LogP contribution in [0.5, 0.6) is 0 Å². The lowest BCUT2D eigenvalue weighted by Gasteiger charge is -2.15. The molecular weight excluding hydrogens is 631 g/mol. The van der Waals surface area contributed by atoms with E-state index in [0.717, 1.165) is 45.9 Å². The molecule has 6 heteroatoms. The largest absolute Gasteiger partial charge is 0.379 e. The van der Waals surface area contributed by atoms with Gasteiger partial charge in [-0.15, -0.1) is 0 Å². The number of hydrogen-bond acceptors (Lipinski definition) is 5. The number of ketones is 1. The second-order valence-electron chi connectivity index (χ2n) is 13.4. The van der Waals surface area contributed by atoms with Crippen molar-refractivity contribution in [3.05, 3.63) is 149 Å². The number of Topliss-reactive ketones (excluding diaryl/α,β-unsaturated/α-hetero) is 1. The number of aryl methyl sites for hydroxylation is 2. The van der Waals surface area contributed by atoms with Crippen LogP contribution in [-0.2, 0) is 22.4 Å². The van der Waals surface area contributed by atoms with E-state index in [4.69, 9.17) is 20.2 Å². The Balaban J connectivity index is 1.23. The van der Waals surface area contributed by atoms with Crippen LogP contribution in [-0.4, -0.2) is 48.3 Å². The summed E-state index contributed by atoms with van der Waals surface area (Å²) in [7, 11) is 0. The standard InChI is InChI=1S/C45H45N3O3/c1-31-9-15-35(16-10-31)43-44(36-17-11-32(2)12-18-36)48(45(47-43)39-22-21-38-28-37-6-3-4-7-40(37)41(38)29-39)30-33-13-19-34(20-14-33)42(49)8-5-24-50-26-27-51-25-23-46/h3-4,6-7,9-22,29H,5,8,23-28,30,46H2,1-2H3. The van der Waals surface area contributed by atoms with Crippen LogP contribution in [0.2, 0.25) is 0 Å². The van der Waals surface area contributed by atoms with Gasteiger partial charge in [0.1, 0.15) is 5.82 Å². The van der Waals surface area contributed by atoms with E-state index < -0.39 is 0 Å². The molecule has 2 N–H and O–H groups in total. The van der Waals surface area contributed by atoms with Gasteiger partial charge in [0.15, 0.2) is 5.78 Å². The highest BCUT2D eigenvalue weighted by molar-refractivity contribution is 5.96. The van der Waals surface area contributed by atoms with Crippen molar-refractivity contribution >= 4 is 5.78 Å². The minimum absolute atomic E-state index is 0.119. The molecule has 0 atom stereocenters. The first-order valence-electron chi connectivity index (χ1n) is 17.9. The van der Waals surface area contributed by atoms with Gasteiger partial charge in [-0.25, -0.2) is 4.98 Å². The highest BCUT2D eigenvalue weighted by Crippen LogP contribution is 2.41. The van der Waals surface area contributed by atoms with Gasteiger partial charge >= 0.3 is 0 Å². The zero-order chi connectivity index (χ0) is 35.2. The van der Waals surface area contributed by atoms with Crippen molar-refractivity contribution in [3.63, 3.8) is 0 Å². The SMILES string of the molecule is Cc1ccc(-c2nc(-c3ccc4c(c3)-c3ccccc3C4)n(Cc3ccc(C(=O)CCCOCCOCCN)cc3)c2-c2ccc(C)cc2)cc1. The van der Waals surface area contributed by atoms with Gasteiger partial charge in [-0.1, -0.05) is 120 Å². The van der Waals surface area contributed by atoms with Crippen molar-refractivity contribution in [2.75, 3.05) is 33.0 Å². The van der Waals surface area contributed by atoms with E-state index >= 15 is 0 Å². The van der Waals surface area contributed by atoms with E-state index in [1.54, 1.807) is 0 Å². The normalized spacial score (nSPS) is 11.8. The lowest BCUT2D eigenvalue weighted by atomic mass is 10.0. The average molecular weight is 676 g/mol. The van der Waals surface area contributed by atoms with E-state index in [2.05, 4.69) is 122 Å². The highest BCUT2D eigenvalue weighted by atomic mass is 16.5. The van der Waals surface area contributed by atoms with Gasteiger partial charge in [-0.05, 0) is 60.6 Å². The van der Waals surface area contributed by atoms with Gasteiger partial charge in [-0.3, -0.25) is 4.79 Å². The first-order valence-corrected chi connectivity index (χ1v) is 17.9. The fourth-order valence-corrected chi connectivity index (χ4v) is 6.87. The molecule has 6 aromatic rings. The summed E-state index contributed by atoms with van der Waals surface area (Å²) in [6.07, 6.45) is 2.06. The fourth-order valence-electron chi connectivity index (χ4n) is 6.87. The Morgan fingerprint density at radius 3 is 2.08 bits per heavy atom. The van der Waals surface area contributed by atoms with E-state index in [1.165, 1.54) is 33.4 Å². The van der Waals surface area contributed by atoms with Crippen molar-refractivity contribution < 1.29 is 14.3 Å². The number of ether oxygens (including phenoxy) is 2. The Labute approximate surface area is 300 Å². The summed E-state index contributed by atoms with van der Waals surface area (Å²) in [6.45, 7) is 7.41. The lowest BCUT2D eigenvalue weighted by Crippen LogP contribution is -2.12. The van der Waals surface area contributed by atoms with Gasteiger partial charge in [0, 0.05) is 48.4 Å². The minimum atomic E-state index is 0.119. The number of fused-ring (bicyclic) bond motifs is 3. The second kappa shape index (κ2) is 15.8. The number of aromatic nitrogens is 2. The predicted octanol–water partition coefficient (Wildman–Crippen LogP) is 9.08. The smallest absolute Gasteiger partial charge is 0.162 e. The summed E-state index contributed by atoms with van der Waals surface area (Å²) >= 11 is 0. The zero-order valence-electron chi connectivity index (χ0n) is 29.5. The maximum Gasteiger partial charge on any atom is 0.162 e. The number of benzene rings is 5. The number of carbonyl (C=O) groups excluding carboxylic acids is 1. The molecule has 5 aromatic carbocycles. The van der Waals surface area contributed by atoms with E-state index in [1.807, 2.05) is 12.1 Å². The molecule has 0 radical (unpaired) electrons. The van der Waals surface area contributed by atoms with Crippen LogP contribution in [0.3, 0.4) is 0 Å². The number of imidazole rings is 1. The molecule has 1 aliphatic rings.